The zero-order chi connectivity index (χ0) is 17.4. The molecule has 23 heavy (non-hydrogen) atoms. The van der Waals surface area contributed by atoms with Gasteiger partial charge in [0.25, 0.3) is 0 Å². The van der Waals surface area contributed by atoms with Gasteiger partial charge in [-0.15, -0.1) is 4.73 Å². The van der Waals surface area contributed by atoms with Gasteiger partial charge in [-0.25, -0.2) is 9.59 Å². The van der Waals surface area contributed by atoms with Gasteiger partial charge in [0.1, 0.15) is 13.2 Å². The van der Waals surface area contributed by atoms with Gasteiger partial charge < -0.3 is 24.5 Å². The van der Waals surface area contributed by atoms with Crippen molar-refractivity contribution in [2.75, 3.05) is 13.2 Å². The smallest absolute Gasteiger partial charge is 0.333 e. The summed E-state index contributed by atoms with van der Waals surface area (Å²) in [4.78, 5) is 38.5. The van der Waals surface area contributed by atoms with Crippen LogP contribution >= 0.6 is 0 Å². The summed E-state index contributed by atoms with van der Waals surface area (Å²) >= 11 is 0. The van der Waals surface area contributed by atoms with Crippen molar-refractivity contribution in [1.29, 1.82) is 0 Å². The third-order valence-corrected chi connectivity index (χ3v) is 2.45. The van der Waals surface area contributed by atoms with Gasteiger partial charge in [0.05, 0.1) is 12.8 Å². The van der Waals surface area contributed by atoms with Crippen LogP contribution in [0, 0.1) is 0 Å². The number of rotatable bonds is 8. The number of hydrogen-bond acceptors (Lipinski definition) is 8. The zero-order valence-corrected chi connectivity index (χ0v) is 12.5. The molecule has 0 spiro atoms. The van der Waals surface area contributed by atoms with E-state index in [9.17, 15) is 24.6 Å². The van der Waals surface area contributed by atoms with Crippen molar-refractivity contribution in [3.63, 3.8) is 0 Å². The average Bonchev–Trinajstić information content (AvgIpc) is 2.81. The molecule has 0 bridgehead atoms. The van der Waals surface area contributed by atoms with Crippen molar-refractivity contribution in [2.24, 2.45) is 0 Å². The fraction of sp³-hybridized carbons (Fsp3) is 0.357. The Morgan fingerprint density at radius 2 is 1.57 bits per heavy atom. The fourth-order valence-electron chi connectivity index (χ4n) is 1.33. The van der Waals surface area contributed by atoms with Crippen LogP contribution in [0.1, 0.15) is 19.8 Å². The van der Waals surface area contributed by atoms with Crippen LogP contribution in [-0.4, -0.2) is 46.1 Å². The monoisotopic (exact) mass is 327 g/mol. The molecule has 2 N–H and O–H groups in total. The molecule has 0 aliphatic rings. The largest absolute Gasteiger partial charge is 0.492 e. The Morgan fingerprint density at radius 3 is 2.13 bits per heavy atom. The molecule has 0 unspecified atom stereocenters. The van der Waals surface area contributed by atoms with Gasteiger partial charge >= 0.3 is 17.9 Å². The molecule has 0 saturated carbocycles. The van der Waals surface area contributed by atoms with Crippen LogP contribution in [0.25, 0.3) is 0 Å². The quantitative estimate of drug-likeness (QED) is 0.397. The molecule has 0 radical (unpaired) electrons. The molecule has 9 heteroatoms. The second-order valence-electron chi connectivity index (χ2n) is 4.44. The number of hydrogen-bond donors (Lipinski definition) is 2. The number of aromatic nitrogens is 1. The van der Waals surface area contributed by atoms with Crippen molar-refractivity contribution in [2.45, 2.75) is 19.8 Å². The topological polar surface area (TPSA) is 124 Å². The lowest BCUT2D eigenvalue weighted by Crippen LogP contribution is -2.20. The van der Waals surface area contributed by atoms with Crippen LogP contribution in [0.5, 0.6) is 11.8 Å². The number of carbonyl (C=O) groups is 3. The highest BCUT2D eigenvalue weighted by molar-refractivity contribution is 5.86. The van der Waals surface area contributed by atoms with Crippen molar-refractivity contribution < 1.29 is 38.9 Å². The first-order valence-corrected chi connectivity index (χ1v) is 6.60. The highest BCUT2D eigenvalue weighted by Crippen LogP contribution is 2.18. The predicted octanol–water partition coefficient (Wildman–Crippen LogP) is 0.297. The van der Waals surface area contributed by atoms with Crippen molar-refractivity contribution in [1.82, 2.24) is 4.73 Å². The molecule has 1 aromatic rings. The number of ether oxygens (including phenoxy) is 2. The van der Waals surface area contributed by atoms with Crippen LogP contribution in [0.3, 0.4) is 0 Å². The first kappa shape index (κ1) is 18.1. The predicted molar refractivity (Wildman–Crippen MR) is 75.3 cm³/mol. The van der Waals surface area contributed by atoms with Gasteiger partial charge in [-0.1, -0.05) is 6.58 Å². The van der Waals surface area contributed by atoms with E-state index < -0.39 is 29.7 Å². The Bertz CT molecular complexity index is 584. The number of nitrogens with zero attached hydrogens (tertiary/aromatic N) is 1. The van der Waals surface area contributed by atoms with Gasteiger partial charge in [0.15, 0.2) is 0 Å². The number of aromatic hydroxyl groups is 2. The van der Waals surface area contributed by atoms with Gasteiger partial charge in [-0.05, 0) is 6.92 Å². The zero-order valence-electron chi connectivity index (χ0n) is 12.5. The molecular formula is C14H17NO8. The lowest BCUT2D eigenvalue weighted by molar-refractivity contribution is -0.153. The van der Waals surface area contributed by atoms with E-state index in [-0.39, 0.29) is 31.6 Å². The van der Waals surface area contributed by atoms with E-state index in [1.807, 2.05) is 0 Å². The van der Waals surface area contributed by atoms with E-state index in [0.29, 0.717) is 4.73 Å². The summed E-state index contributed by atoms with van der Waals surface area (Å²) in [6.07, 6.45) is -0.586. The van der Waals surface area contributed by atoms with Gasteiger partial charge in [0, 0.05) is 17.7 Å². The summed E-state index contributed by atoms with van der Waals surface area (Å²) in [6.45, 7) is 4.61. The molecule has 1 aromatic heterocycles. The molecule has 0 atom stereocenters. The molecule has 9 nitrogen and oxygen atoms in total. The summed E-state index contributed by atoms with van der Waals surface area (Å²) in [6, 6.07) is 2.26. The summed E-state index contributed by atoms with van der Waals surface area (Å²) < 4.78 is 9.97. The molecular weight excluding hydrogens is 310 g/mol. The number of esters is 2. The van der Waals surface area contributed by atoms with E-state index in [0.717, 1.165) is 12.1 Å². The lowest BCUT2D eigenvalue weighted by Gasteiger charge is -2.07. The first-order chi connectivity index (χ1) is 10.8. The molecule has 1 heterocycles. The Hall–Kier alpha value is -2.97. The molecule has 0 aliphatic carbocycles. The van der Waals surface area contributed by atoms with Crippen LogP contribution in [0.15, 0.2) is 24.3 Å². The molecule has 0 amide bonds. The molecule has 0 fully saturated rings. The van der Waals surface area contributed by atoms with E-state index >= 15 is 0 Å². The van der Waals surface area contributed by atoms with E-state index in [4.69, 9.17) is 9.47 Å². The normalized spacial score (nSPS) is 9.96. The number of carbonyl (C=O) groups excluding carboxylic acids is 3. The van der Waals surface area contributed by atoms with Crippen LogP contribution in [0.2, 0.25) is 0 Å². The van der Waals surface area contributed by atoms with Crippen molar-refractivity contribution in [3.05, 3.63) is 24.3 Å². The first-order valence-electron chi connectivity index (χ1n) is 6.60. The minimum absolute atomic E-state index is 0.118. The molecule has 126 valence electrons. The third kappa shape index (κ3) is 6.12. The van der Waals surface area contributed by atoms with Crippen molar-refractivity contribution in [3.8, 4) is 11.8 Å². The molecule has 0 aromatic carbocycles. The molecule has 1 rings (SSSR count). The van der Waals surface area contributed by atoms with Gasteiger partial charge in [-0.2, -0.15) is 0 Å². The highest BCUT2D eigenvalue weighted by atomic mass is 16.7. The molecule has 0 aliphatic heterocycles. The highest BCUT2D eigenvalue weighted by Gasteiger charge is 2.14. The second kappa shape index (κ2) is 8.47. The maximum Gasteiger partial charge on any atom is 0.333 e. The summed E-state index contributed by atoms with van der Waals surface area (Å²) in [7, 11) is 0. The summed E-state index contributed by atoms with van der Waals surface area (Å²) in [5, 5.41) is 18.5. The Morgan fingerprint density at radius 1 is 1.04 bits per heavy atom. The van der Waals surface area contributed by atoms with Gasteiger partial charge in [0.2, 0.25) is 11.8 Å². The van der Waals surface area contributed by atoms with E-state index in [1.54, 1.807) is 0 Å². The average molecular weight is 327 g/mol. The van der Waals surface area contributed by atoms with Crippen LogP contribution < -0.4 is 4.84 Å². The standard InChI is InChI=1S/C14H17NO8/c1-9(2)14(20)22-8-7-21-12(18)5-6-13(19)23-15-10(16)3-4-11(15)17/h3-4,16-17H,1,5-8H2,2H3. The maximum absolute atomic E-state index is 11.5. The van der Waals surface area contributed by atoms with Gasteiger partial charge in [-0.3, -0.25) is 4.79 Å². The van der Waals surface area contributed by atoms with Crippen LogP contribution in [0.4, 0.5) is 0 Å². The fourth-order valence-corrected chi connectivity index (χ4v) is 1.33. The summed E-state index contributed by atoms with van der Waals surface area (Å²) in [5.41, 5.74) is 0.232. The van der Waals surface area contributed by atoms with E-state index in [2.05, 4.69) is 11.4 Å². The van der Waals surface area contributed by atoms with Crippen LogP contribution in [-0.2, 0) is 23.9 Å². The SMILES string of the molecule is C=C(C)C(=O)OCCOC(=O)CCC(=O)On1c(O)ccc1O. The Labute approximate surface area is 131 Å². The summed E-state index contributed by atoms with van der Waals surface area (Å²) in [5.74, 6) is -3.04. The second-order valence-corrected chi connectivity index (χ2v) is 4.44. The Kier molecular flexibility index (Phi) is 6.66. The third-order valence-electron chi connectivity index (χ3n) is 2.45. The maximum atomic E-state index is 11.5. The minimum Gasteiger partial charge on any atom is -0.492 e. The lowest BCUT2D eigenvalue weighted by atomic mass is 10.3. The van der Waals surface area contributed by atoms with Crippen molar-refractivity contribution >= 4 is 17.9 Å². The molecule has 0 saturated heterocycles. The van der Waals surface area contributed by atoms with E-state index in [1.165, 1.54) is 6.92 Å². The Balaban J connectivity index is 2.22. The minimum atomic E-state index is -0.850.